The van der Waals surface area contributed by atoms with Gasteiger partial charge in [-0.3, -0.25) is 4.79 Å². The van der Waals surface area contributed by atoms with Crippen molar-refractivity contribution >= 4 is 16.0 Å². The van der Waals surface area contributed by atoms with Crippen molar-refractivity contribution in [2.75, 3.05) is 12.9 Å². The summed E-state index contributed by atoms with van der Waals surface area (Å²) in [6, 6.07) is 6.70. The predicted octanol–water partition coefficient (Wildman–Crippen LogP) is 1.54. The van der Waals surface area contributed by atoms with Gasteiger partial charge in [0.1, 0.15) is 5.75 Å². The van der Waals surface area contributed by atoms with E-state index in [0.717, 1.165) is 5.56 Å². The Bertz CT molecular complexity index is 556. The van der Waals surface area contributed by atoms with Gasteiger partial charge in [0.15, 0.2) is 0 Å². The lowest BCUT2D eigenvalue weighted by atomic mass is 10.0. The smallest absolute Gasteiger partial charge is 0.304 e. The number of rotatable bonds is 8. The highest BCUT2D eigenvalue weighted by Crippen LogP contribution is 2.27. The minimum absolute atomic E-state index is 0.419. The number of nitrogens with one attached hydrogen (secondary N) is 1. The van der Waals surface area contributed by atoms with Crippen molar-refractivity contribution < 1.29 is 23.1 Å². The number of benzene rings is 1. The molecule has 0 amide bonds. The highest BCUT2D eigenvalue weighted by atomic mass is 32.2. The molecule has 6 nitrogen and oxygen atoms in total. The molecule has 1 atom stereocenters. The number of methoxy groups -OCH3 is 1. The summed E-state index contributed by atoms with van der Waals surface area (Å²) in [5, 5.41) is 8.56. The lowest BCUT2D eigenvalue weighted by Gasteiger charge is -2.19. The quantitative estimate of drug-likeness (QED) is 0.760. The third-order valence-electron chi connectivity index (χ3n) is 2.83. The van der Waals surface area contributed by atoms with Crippen molar-refractivity contribution in [3.63, 3.8) is 0 Å². The molecule has 0 heterocycles. The van der Waals surface area contributed by atoms with E-state index in [-0.39, 0.29) is 0 Å². The van der Waals surface area contributed by atoms with Crippen molar-refractivity contribution in [3.05, 3.63) is 29.8 Å². The fourth-order valence-corrected chi connectivity index (χ4v) is 3.11. The Hall–Kier alpha value is -1.60. The van der Waals surface area contributed by atoms with Crippen LogP contribution in [-0.2, 0) is 14.8 Å². The number of hydrogen-bond acceptors (Lipinski definition) is 4. The molecule has 0 radical (unpaired) electrons. The van der Waals surface area contributed by atoms with E-state index in [1.165, 1.54) is 7.11 Å². The van der Waals surface area contributed by atoms with Gasteiger partial charge in [0, 0.05) is 5.56 Å². The molecule has 0 aliphatic rings. The zero-order valence-electron chi connectivity index (χ0n) is 11.5. The summed E-state index contributed by atoms with van der Waals surface area (Å²) in [4.78, 5) is 10.5. The van der Waals surface area contributed by atoms with Gasteiger partial charge < -0.3 is 9.84 Å². The molecule has 7 heteroatoms. The molecule has 0 spiro atoms. The monoisotopic (exact) mass is 301 g/mol. The SMILES string of the molecule is CCC(NS(=O)(=O)CCC(=O)O)c1ccccc1OC. The van der Waals surface area contributed by atoms with Crippen LogP contribution in [0.1, 0.15) is 31.4 Å². The number of aliphatic carboxylic acids is 1. The van der Waals surface area contributed by atoms with Crippen LogP contribution < -0.4 is 9.46 Å². The van der Waals surface area contributed by atoms with Crippen LogP contribution in [0.4, 0.5) is 0 Å². The fourth-order valence-electron chi connectivity index (χ4n) is 1.82. The van der Waals surface area contributed by atoms with Crippen LogP contribution in [0.25, 0.3) is 0 Å². The molecule has 0 aliphatic heterocycles. The minimum atomic E-state index is -3.65. The second-order valence-corrected chi connectivity index (χ2v) is 6.16. The first kappa shape index (κ1) is 16.5. The van der Waals surface area contributed by atoms with Crippen LogP contribution in [0.3, 0.4) is 0 Å². The number of ether oxygens (including phenoxy) is 1. The maximum Gasteiger partial charge on any atom is 0.304 e. The Morgan fingerprint density at radius 1 is 1.40 bits per heavy atom. The van der Waals surface area contributed by atoms with Gasteiger partial charge in [0.05, 0.1) is 25.3 Å². The molecule has 1 aromatic carbocycles. The molecular formula is C13H19NO5S. The molecule has 1 unspecified atom stereocenters. The van der Waals surface area contributed by atoms with E-state index in [9.17, 15) is 13.2 Å². The van der Waals surface area contributed by atoms with E-state index >= 15 is 0 Å². The van der Waals surface area contributed by atoms with Gasteiger partial charge in [-0.2, -0.15) is 0 Å². The first-order valence-corrected chi connectivity index (χ1v) is 7.89. The first-order valence-electron chi connectivity index (χ1n) is 6.24. The van der Waals surface area contributed by atoms with Crippen molar-refractivity contribution in [2.24, 2.45) is 0 Å². The molecule has 0 saturated heterocycles. The highest BCUT2D eigenvalue weighted by Gasteiger charge is 2.21. The molecule has 20 heavy (non-hydrogen) atoms. The molecular weight excluding hydrogens is 282 g/mol. The minimum Gasteiger partial charge on any atom is -0.496 e. The van der Waals surface area contributed by atoms with Gasteiger partial charge in [-0.1, -0.05) is 25.1 Å². The topological polar surface area (TPSA) is 92.7 Å². The van der Waals surface area contributed by atoms with E-state index in [1.807, 2.05) is 6.92 Å². The van der Waals surface area contributed by atoms with E-state index < -0.39 is 34.2 Å². The second kappa shape index (κ2) is 7.25. The van der Waals surface area contributed by atoms with Crippen LogP contribution in [0.5, 0.6) is 5.75 Å². The largest absolute Gasteiger partial charge is 0.496 e. The molecule has 0 saturated carbocycles. The van der Waals surface area contributed by atoms with E-state index in [1.54, 1.807) is 24.3 Å². The van der Waals surface area contributed by atoms with Crippen molar-refractivity contribution in [1.82, 2.24) is 4.72 Å². The molecule has 0 aromatic heterocycles. The maximum absolute atomic E-state index is 11.9. The van der Waals surface area contributed by atoms with E-state index in [2.05, 4.69) is 4.72 Å². The molecule has 0 aliphatic carbocycles. The number of sulfonamides is 1. The summed E-state index contributed by atoms with van der Waals surface area (Å²) >= 11 is 0. The lowest BCUT2D eigenvalue weighted by Crippen LogP contribution is -2.31. The van der Waals surface area contributed by atoms with Gasteiger partial charge in [0.25, 0.3) is 0 Å². The molecule has 112 valence electrons. The van der Waals surface area contributed by atoms with Gasteiger partial charge in [-0.05, 0) is 12.5 Å². The summed E-state index contributed by atoms with van der Waals surface area (Å²) in [7, 11) is -2.13. The van der Waals surface area contributed by atoms with Crippen LogP contribution >= 0.6 is 0 Å². The van der Waals surface area contributed by atoms with Gasteiger partial charge >= 0.3 is 5.97 Å². The van der Waals surface area contributed by atoms with Crippen molar-refractivity contribution in [2.45, 2.75) is 25.8 Å². The summed E-state index contributed by atoms with van der Waals surface area (Å²) in [5.74, 6) is -0.977. The summed E-state index contributed by atoms with van der Waals surface area (Å²) < 4.78 is 31.5. The normalized spacial score (nSPS) is 12.9. The molecule has 1 rings (SSSR count). The lowest BCUT2D eigenvalue weighted by molar-refractivity contribution is -0.136. The van der Waals surface area contributed by atoms with Crippen LogP contribution in [0, 0.1) is 0 Å². The predicted molar refractivity (Wildman–Crippen MR) is 75.2 cm³/mol. The maximum atomic E-state index is 11.9. The van der Waals surface area contributed by atoms with Gasteiger partial charge in [-0.15, -0.1) is 0 Å². The summed E-state index contributed by atoms with van der Waals surface area (Å²) in [6.07, 6.45) is 0.115. The van der Waals surface area contributed by atoms with Gasteiger partial charge in [0.2, 0.25) is 10.0 Å². The fraction of sp³-hybridized carbons (Fsp3) is 0.462. The molecule has 1 aromatic rings. The standard InChI is InChI=1S/C13H19NO5S/c1-3-11(10-6-4-5-7-12(10)19-2)14-20(17,18)9-8-13(15)16/h4-7,11,14H,3,8-9H2,1-2H3,(H,15,16). The summed E-state index contributed by atoms with van der Waals surface area (Å²) in [5.41, 5.74) is 0.733. The third-order valence-corrected chi connectivity index (χ3v) is 4.21. The second-order valence-electron chi connectivity index (χ2n) is 4.28. The van der Waals surface area contributed by atoms with Crippen molar-refractivity contribution in [3.8, 4) is 5.75 Å². The first-order chi connectivity index (χ1) is 9.39. The van der Waals surface area contributed by atoms with E-state index in [4.69, 9.17) is 9.84 Å². The van der Waals surface area contributed by atoms with E-state index in [0.29, 0.717) is 12.2 Å². The molecule has 0 bridgehead atoms. The Morgan fingerprint density at radius 2 is 2.05 bits per heavy atom. The Balaban J connectivity index is 2.89. The number of carboxylic acids is 1. The van der Waals surface area contributed by atoms with Crippen LogP contribution in [0.15, 0.2) is 24.3 Å². The zero-order chi connectivity index (χ0) is 15.2. The van der Waals surface area contributed by atoms with Crippen LogP contribution in [0.2, 0.25) is 0 Å². The molecule has 2 N–H and O–H groups in total. The number of carboxylic acid groups (broad SMARTS) is 1. The van der Waals surface area contributed by atoms with Gasteiger partial charge in [-0.25, -0.2) is 13.1 Å². The van der Waals surface area contributed by atoms with Crippen LogP contribution in [-0.4, -0.2) is 32.4 Å². The number of para-hydroxylation sites is 1. The Kier molecular flexibility index (Phi) is 5.97. The average Bonchev–Trinajstić information content (AvgIpc) is 2.43. The van der Waals surface area contributed by atoms with Crippen molar-refractivity contribution in [1.29, 1.82) is 0 Å². The third kappa shape index (κ3) is 4.82. The summed E-state index contributed by atoms with van der Waals surface area (Å²) in [6.45, 7) is 1.84. The molecule has 0 fully saturated rings. The highest BCUT2D eigenvalue weighted by molar-refractivity contribution is 7.89. The number of carbonyl (C=O) groups is 1. The Morgan fingerprint density at radius 3 is 2.60 bits per heavy atom. The number of hydrogen-bond donors (Lipinski definition) is 2. The zero-order valence-corrected chi connectivity index (χ0v) is 12.3. The Labute approximate surface area is 118 Å². The average molecular weight is 301 g/mol.